The molecule has 20 heavy (non-hydrogen) atoms. The average molecular weight is 283 g/mol. The molecule has 106 valence electrons. The summed E-state index contributed by atoms with van der Waals surface area (Å²) in [5.74, 6) is 1.57. The largest absolute Gasteiger partial charge is 0.408 e. The van der Waals surface area contributed by atoms with Crippen molar-refractivity contribution in [3.8, 4) is 11.4 Å². The van der Waals surface area contributed by atoms with Gasteiger partial charge >= 0.3 is 6.18 Å². The number of hydrogen-bond donors (Lipinski definition) is 0. The molecule has 0 saturated heterocycles. The number of hydrogen-bond acceptors (Lipinski definition) is 4. The van der Waals surface area contributed by atoms with E-state index in [1.165, 1.54) is 12.4 Å². The lowest BCUT2D eigenvalue weighted by atomic mass is 10.3. The van der Waals surface area contributed by atoms with Gasteiger partial charge in [-0.25, -0.2) is 19.6 Å². The van der Waals surface area contributed by atoms with Crippen molar-refractivity contribution in [1.82, 2.24) is 24.7 Å². The van der Waals surface area contributed by atoms with Crippen molar-refractivity contribution in [2.24, 2.45) is 0 Å². The molecule has 1 aliphatic carbocycles. The molecule has 0 bridgehead atoms. The maximum atomic E-state index is 12.5. The second kappa shape index (κ2) is 4.53. The smallest absolute Gasteiger partial charge is 0.240 e. The SMILES string of the molecule is Cc1nc(-c2cnc(C3CC3)nc2)n(CC(F)(F)F)n1. The summed E-state index contributed by atoms with van der Waals surface area (Å²) in [6.07, 6.45) is 0.823. The van der Waals surface area contributed by atoms with Crippen molar-refractivity contribution in [2.75, 3.05) is 0 Å². The van der Waals surface area contributed by atoms with E-state index < -0.39 is 12.7 Å². The quantitative estimate of drug-likeness (QED) is 0.868. The third kappa shape index (κ3) is 2.78. The molecule has 1 saturated carbocycles. The van der Waals surface area contributed by atoms with E-state index in [4.69, 9.17) is 0 Å². The molecule has 0 radical (unpaired) electrons. The van der Waals surface area contributed by atoms with E-state index in [-0.39, 0.29) is 11.6 Å². The fourth-order valence-electron chi connectivity index (χ4n) is 1.95. The molecule has 1 aliphatic rings. The van der Waals surface area contributed by atoms with Crippen LogP contribution in [0.3, 0.4) is 0 Å². The van der Waals surface area contributed by atoms with Gasteiger partial charge in [0, 0.05) is 18.3 Å². The molecule has 0 amide bonds. The van der Waals surface area contributed by atoms with E-state index in [9.17, 15) is 13.2 Å². The van der Waals surface area contributed by atoms with Gasteiger partial charge < -0.3 is 0 Å². The lowest BCUT2D eigenvalue weighted by Crippen LogP contribution is -2.19. The molecule has 0 N–H and O–H groups in total. The second-order valence-electron chi connectivity index (χ2n) is 4.86. The topological polar surface area (TPSA) is 56.5 Å². The standard InChI is InChI=1S/C12H12F3N5/c1-7-18-11(20(19-7)6-12(13,14)15)9-4-16-10(17-5-9)8-2-3-8/h4-5,8H,2-3,6H2,1H3. The molecule has 0 aliphatic heterocycles. The van der Waals surface area contributed by atoms with Gasteiger partial charge in [-0.15, -0.1) is 0 Å². The summed E-state index contributed by atoms with van der Waals surface area (Å²) in [6.45, 7) is 0.378. The van der Waals surface area contributed by atoms with Gasteiger partial charge in [-0.2, -0.15) is 18.3 Å². The van der Waals surface area contributed by atoms with Gasteiger partial charge in [0.25, 0.3) is 0 Å². The van der Waals surface area contributed by atoms with Crippen LogP contribution < -0.4 is 0 Å². The Kier molecular flexibility index (Phi) is 2.95. The van der Waals surface area contributed by atoms with Crippen molar-refractivity contribution >= 4 is 0 Å². The van der Waals surface area contributed by atoms with Gasteiger partial charge in [0.15, 0.2) is 5.82 Å². The van der Waals surface area contributed by atoms with E-state index in [1.807, 2.05) is 0 Å². The third-order valence-corrected chi connectivity index (χ3v) is 2.98. The number of halogens is 3. The zero-order valence-electron chi connectivity index (χ0n) is 10.7. The molecule has 0 aromatic carbocycles. The van der Waals surface area contributed by atoms with Crippen LogP contribution in [0.25, 0.3) is 11.4 Å². The Morgan fingerprint density at radius 2 is 1.90 bits per heavy atom. The van der Waals surface area contributed by atoms with Gasteiger partial charge in [0.1, 0.15) is 18.2 Å². The zero-order chi connectivity index (χ0) is 14.3. The summed E-state index contributed by atoms with van der Waals surface area (Å²) >= 11 is 0. The van der Waals surface area contributed by atoms with Crippen molar-refractivity contribution in [3.63, 3.8) is 0 Å². The minimum Gasteiger partial charge on any atom is -0.240 e. The van der Waals surface area contributed by atoms with Crippen LogP contribution in [-0.4, -0.2) is 30.9 Å². The first-order chi connectivity index (χ1) is 9.42. The van der Waals surface area contributed by atoms with Gasteiger partial charge in [0.05, 0.1) is 5.56 Å². The number of aromatic nitrogens is 5. The van der Waals surface area contributed by atoms with Crippen LogP contribution in [0.1, 0.15) is 30.4 Å². The van der Waals surface area contributed by atoms with E-state index in [0.29, 0.717) is 11.5 Å². The first-order valence-electron chi connectivity index (χ1n) is 6.23. The lowest BCUT2D eigenvalue weighted by Gasteiger charge is -2.08. The van der Waals surface area contributed by atoms with Crippen LogP contribution in [-0.2, 0) is 6.54 Å². The Labute approximate surface area is 112 Å². The lowest BCUT2D eigenvalue weighted by molar-refractivity contribution is -0.142. The normalized spacial score (nSPS) is 15.6. The molecular weight excluding hydrogens is 271 g/mol. The predicted octanol–water partition coefficient (Wildman–Crippen LogP) is 2.48. The van der Waals surface area contributed by atoms with Gasteiger partial charge in [0.2, 0.25) is 0 Å². The van der Waals surface area contributed by atoms with Crippen molar-refractivity contribution in [3.05, 3.63) is 24.0 Å². The number of rotatable bonds is 3. The van der Waals surface area contributed by atoms with E-state index in [1.54, 1.807) is 6.92 Å². The van der Waals surface area contributed by atoms with Crippen molar-refractivity contribution < 1.29 is 13.2 Å². The summed E-state index contributed by atoms with van der Waals surface area (Å²) in [5.41, 5.74) is 0.444. The minimum atomic E-state index is -4.34. The second-order valence-corrected chi connectivity index (χ2v) is 4.86. The van der Waals surface area contributed by atoms with Gasteiger partial charge in [-0.3, -0.25) is 0 Å². The van der Waals surface area contributed by atoms with Crippen LogP contribution in [0.5, 0.6) is 0 Å². The highest BCUT2D eigenvalue weighted by Crippen LogP contribution is 2.37. The highest BCUT2D eigenvalue weighted by molar-refractivity contribution is 5.52. The van der Waals surface area contributed by atoms with Crippen LogP contribution in [0.2, 0.25) is 0 Å². The monoisotopic (exact) mass is 283 g/mol. The molecule has 2 aromatic rings. The molecule has 5 nitrogen and oxygen atoms in total. The zero-order valence-corrected chi connectivity index (χ0v) is 10.7. The summed E-state index contributed by atoms with van der Waals surface area (Å²) < 4.78 is 38.4. The van der Waals surface area contributed by atoms with Crippen LogP contribution in [0.4, 0.5) is 13.2 Å². The maximum Gasteiger partial charge on any atom is 0.408 e. The minimum absolute atomic E-state index is 0.141. The number of aryl methyl sites for hydroxylation is 1. The van der Waals surface area contributed by atoms with E-state index >= 15 is 0 Å². The highest BCUT2D eigenvalue weighted by atomic mass is 19.4. The Balaban J connectivity index is 1.92. The number of nitrogens with zero attached hydrogens (tertiary/aromatic N) is 5. The first-order valence-corrected chi connectivity index (χ1v) is 6.23. The first kappa shape index (κ1) is 13.0. The van der Waals surface area contributed by atoms with Crippen LogP contribution in [0.15, 0.2) is 12.4 Å². The fourth-order valence-corrected chi connectivity index (χ4v) is 1.95. The van der Waals surface area contributed by atoms with Gasteiger partial charge in [-0.05, 0) is 19.8 Å². The molecule has 8 heteroatoms. The Hall–Kier alpha value is -1.99. The number of alkyl halides is 3. The molecular formula is C12H12F3N5. The molecule has 0 spiro atoms. The molecule has 0 unspecified atom stereocenters. The summed E-state index contributed by atoms with van der Waals surface area (Å²) in [6, 6.07) is 0. The summed E-state index contributed by atoms with van der Waals surface area (Å²) in [4.78, 5) is 12.4. The molecule has 3 rings (SSSR count). The van der Waals surface area contributed by atoms with E-state index in [0.717, 1.165) is 23.3 Å². The molecule has 2 heterocycles. The van der Waals surface area contributed by atoms with Crippen molar-refractivity contribution in [2.45, 2.75) is 38.4 Å². The predicted molar refractivity (Wildman–Crippen MR) is 63.8 cm³/mol. The summed E-state index contributed by atoms with van der Waals surface area (Å²) in [5, 5.41) is 3.77. The van der Waals surface area contributed by atoms with Gasteiger partial charge in [-0.1, -0.05) is 0 Å². The Morgan fingerprint density at radius 1 is 1.25 bits per heavy atom. The molecule has 0 atom stereocenters. The van der Waals surface area contributed by atoms with Crippen molar-refractivity contribution in [1.29, 1.82) is 0 Å². The fraction of sp³-hybridized carbons (Fsp3) is 0.500. The molecule has 2 aromatic heterocycles. The Bertz CT molecular complexity index is 613. The van der Waals surface area contributed by atoms with E-state index in [2.05, 4.69) is 20.1 Å². The maximum absolute atomic E-state index is 12.5. The average Bonchev–Trinajstić information content (AvgIpc) is 3.13. The Morgan fingerprint density at radius 3 is 2.45 bits per heavy atom. The van der Waals surface area contributed by atoms with Crippen LogP contribution in [0, 0.1) is 6.92 Å². The highest BCUT2D eigenvalue weighted by Gasteiger charge is 2.31. The third-order valence-electron chi connectivity index (χ3n) is 2.98. The molecule has 1 fully saturated rings. The summed E-state index contributed by atoms with van der Waals surface area (Å²) in [7, 11) is 0. The van der Waals surface area contributed by atoms with Crippen LogP contribution >= 0.6 is 0 Å².